The van der Waals surface area contributed by atoms with Crippen LogP contribution in [-0.2, 0) is 0 Å². The Bertz CT molecular complexity index is 74.0. The van der Waals surface area contributed by atoms with E-state index in [1.54, 1.807) is 0 Å². The van der Waals surface area contributed by atoms with Gasteiger partial charge in [0.15, 0.2) is 0 Å². The van der Waals surface area contributed by atoms with Gasteiger partial charge in [0.25, 0.3) is 0 Å². The standard InChI is InChI=1S/C7H16O.Na.H/c1-5-7(4,8)6(2)3;;/h6,8H,5H2,1-4H3;;/q;+1;-1. The molecule has 0 aromatic rings. The Morgan fingerprint density at radius 2 is 1.89 bits per heavy atom. The van der Waals surface area contributed by atoms with E-state index >= 15 is 0 Å². The molecule has 1 unspecified atom stereocenters. The van der Waals surface area contributed by atoms with Crippen molar-refractivity contribution in [2.75, 3.05) is 0 Å². The number of rotatable bonds is 2. The first-order valence-electron chi connectivity index (χ1n) is 3.23. The molecule has 0 fully saturated rings. The average Bonchev–Trinajstić information content (AvgIpc) is 1.67. The molecule has 0 aliphatic heterocycles. The number of aliphatic hydroxyl groups is 1. The van der Waals surface area contributed by atoms with Crippen molar-refractivity contribution in [3.8, 4) is 0 Å². The van der Waals surface area contributed by atoms with E-state index in [2.05, 4.69) is 0 Å². The van der Waals surface area contributed by atoms with Crippen LogP contribution in [0.1, 0.15) is 35.5 Å². The molecule has 0 rings (SSSR count). The van der Waals surface area contributed by atoms with Gasteiger partial charge in [-0.25, -0.2) is 0 Å². The van der Waals surface area contributed by atoms with Crippen molar-refractivity contribution in [1.29, 1.82) is 0 Å². The fourth-order valence-corrected chi connectivity index (χ4v) is 0.408. The molecule has 0 aromatic heterocycles. The summed E-state index contributed by atoms with van der Waals surface area (Å²) in [5.74, 6) is 0.368. The van der Waals surface area contributed by atoms with Gasteiger partial charge in [-0.1, -0.05) is 20.8 Å². The second-order valence-corrected chi connectivity index (χ2v) is 2.87. The summed E-state index contributed by atoms with van der Waals surface area (Å²) >= 11 is 0. The second kappa shape index (κ2) is 4.73. The summed E-state index contributed by atoms with van der Waals surface area (Å²) in [5.41, 5.74) is -0.458. The van der Waals surface area contributed by atoms with E-state index in [1.807, 2.05) is 27.7 Å². The predicted octanol–water partition coefficient (Wildman–Crippen LogP) is -1.08. The first-order valence-corrected chi connectivity index (χ1v) is 3.23. The summed E-state index contributed by atoms with van der Waals surface area (Å²) in [6.45, 7) is 7.94. The maximum absolute atomic E-state index is 9.40. The zero-order chi connectivity index (χ0) is 6.78. The average molecular weight is 140 g/mol. The van der Waals surface area contributed by atoms with Crippen molar-refractivity contribution < 1.29 is 36.1 Å². The first-order chi connectivity index (χ1) is 3.50. The smallest absolute Gasteiger partial charge is 1.00 e. The third kappa shape index (κ3) is 4.38. The van der Waals surface area contributed by atoms with E-state index < -0.39 is 5.60 Å². The van der Waals surface area contributed by atoms with E-state index in [0.717, 1.165) is 6.42 Å². The van der Waals surface area contributed by atoms with Gasteiger partial charge in [0.1, 0.15) is 0 Å². The van der Waals surface area contributed by atoms with E-state index in [1.165, 1.54) is 0 Å². The normalized spacial score (nSPS) is 16.7. The van der Waals surface area contributed by atoms with Crippen molar-refractivity contribution in [1.82, 2.24) is 0 Å². The zero-order valence-electron chi connectivity index (χ0n) is 8.23. The largest absolute Gasteiger partial charge is 1.00 e. The molecular weight excluding hydrogens is 123 g/mol. The molecule has 1 N–H and O–H groups in total. The maximum Gasteiger partial charge on any atom is 1.00 e. The molecule has 0 amide bonds. The minimum Gasteiger partial charge on any atom is -1.00 e. The van der Waals surface area contributed by atoms with Crippen LogP contribution >= 0.6 is 0 Å². The van der Waals surface area contributed by atoms with Gasteiger partial charge in [-0.3, -0.25) is 0 Å². The number of hydrogen-bond acceptors (Lipinski definition) is 1. The fraction of sp³-hybridized carbons (Fsp3) is 1.00. The van der Waals surface area contributed by atoms with Gasteiger partial charge < -0.3 is 6.53 Å². The Balaban J connectivity index is -0.000000245. The van der Waals surface area contributed by atoms with Crippen molar-refractivity contribution in [3.63, 3.8) is 0 Å². The summed E-state index contributed by atoms with van der Waals surface area (Å²) in [5, 5.41) is 9.40. The van der Waals surface area contributed by atoms with Crippen LogP contribution in [0.2, 0.25) is 0 Å². The van der Waals surface area contributed by atoms with E-state index in [9.17, 15) is 5.11 Å². The van der Waals surface area contributed by atoms with Crippen molar-refractivity contribution in [2.24, 2.45) is 5.92 Å². The molecule has 0 heterocycles. The molecule has 1 atom stereocenters. The molecule has 9 heavy (non-hydrogen) atoms. The molecule has 0 aromatic carbocycles. The fourth-order valence-electron chi connectivity index (χ4n) is 0.408. The van der Waals surface area contributed by atoms with Crippen LogP contribution in [0.15, 0.2) is 0 Å². The Labute approximate surface area is 81.6 Å². The minimum absolute atomic E-state index is 0. The van der Waals surface area contributed by atoms with Crippen LogP contribution in [0.3, 0.4) is 0 Å². The monoisotopic (exact) mass is 140 g/mol. The summed E-state index contributed by atoms with van der Waals surface area (Å²) in [6.07, 6.45) is 0.838. The van der Waals surface area contributed by atoms with Crippen LogP contribution in [0.5, 0.6) is 0 Å². The van der Waals surface area contributed by atoms with Crippen LogP contribution < -0.4 is 29.6 Å². The molecule has 0 bridgehead atoms. The second-order valence-electron chi connectivity index (χ2n) is 2.87. The molecule has 52 valence electrons. The summed E-state index contributed by atoms with van der Waals surface area (Å²) in [4.78, 5) is 0. The summed E-state index contributed by atoms with van der Waals surface area (Å²) in [7, 11) is 0. The molecule has 0 aliphatic carbocycles. The van der Waals surface area contributed by atoms with Gasteiger partial charge >= 0.3 is 29.6 Å². The van der Waals surface area contributed by atoms with Crippen LogP contribution in [0, 0.1) is 5.92 Å². The molecular formula is C7H17NaO. The predicted molar refractivity (Wildman–Crippen MR) is 36.9 cm³/mol. The maximum atomic E-state index is 9.40. The van der Waals surface area contributed by atoms with E-state index in [4.69, 9.17) is 0 Å². The molecule has 2 heteroatoms. The van der Waals surface area contributed by atoms with Crippen LogP contribution in [0.4, 0.5) is 0 Å². The Morgan fingerprint density at radius 3 is 1.89 bits per heavy atom. The molecule has 0 spiro atoms. The molecule has 0 saturated carbocycles. The van der Waals surface area contributed by atoms with Gasteiger partial charge in [-0.15, -0.1) is 0 Å². The Hall–Kier alpha value is 0.960. The van der Waals surface area contributed by atoms with Crippen LogP contribution in [0.25, 0.3) is 0 Å². The Kier molecular flexibility index (Phi) is 6.63. The van der Waals surface area contributed by atoms with Crippen molar-refractivity contribution in [2.45, 2.75) is 39.7 Å². The third-order valence-corrected chi connectivity index (χ3v) is 1.96. The summed E-state index contributed by atoms with van der Waals surface area (Å²) < 4.78 is 0. The molecule has 1 nitrogen and oxygen atoms in total. The van der Waals surface area contributed by atoms with Crippen molar-refractivity contribution in [3.05, 3.63) is 0 Å². The molecule has 0 aliphatic rings. The minimum atomic E-state index is -0.458. The summed E-state index contributed by atoms with van der Waals surface area (Å²) in [6, 6.07) is 0. The first kappa shape index (κ1) is 12.6. The quantitative estimate of drug-likeness (QED) is 0.484. The van der Waals surface area contributed by atoms with E-state index in [0.29, 0.717) is 5.92 Å². The van der Waals surface area contributed by atoms with Crippen molar-refractivity contribution >= 4 is 0 Å². The molecule has 0 radical (unpaired) electrons. The Morgan fingerprint density at radius 1 is 1.56 bits per heavy atom. The van der Waals surface area contributed by atoms with Gasteiger partial charge in [0.2, 0.25) is 0 Å². The topological polar surface area (TPSA) is 20.2 Å². The van der Waals surface area contributed by atoms with Gasteiger partial charge in [-0.05, 0) is 19.3 Å². The zero-order valence-corrected chi connectivity index (χ0v) is 9.23. The van der Waals surface area contributed by atoms with Crippen LogP contribution in [-0.4, -0.2) is 10.7 Å². The molecule has 0 saturated heterocycles. The third-order valence-electron chi connectivity index (χ3n) is 1.96. The van der Waals surface area contributed by atoms with E-state index in [-0.39, 0.29) is 31.0 Å². The number of hydrogen-bond donors (Lipinski definition) is 1. The van der Waals surface area contributed by atoms with Gasteiger partial charge in [0, 0.05) is 0 Å². The van der Waals surface area contributed by atoms with Gasteiger partial charge in [0.05, 0.1) is 5.60 Å². The SMILES string of the molecule is CCC(C)(O)C(C)C.[H-].[Na+]. The van der Waals surface area contributed by atoms with Gasteiger partial charge in [-0.2, -0.15) is 0 Å².